The van der Waals surface area contributed by atoms with Gasteiger partial charge in [-0.3, -0.25) is 0 Å². The van der Waals surface area contributed by atoms with E-state index in [4.69, 9.17) is 5.73 Å². The number of benzene rings is 1. The number of nitrogens with two attached hydrogens (primary N) is 1. The van der Waals surface area contributed by atoms with E-state index in [1.165, 1.54) is 29.7 Å². The molecule has 1 aliphatic carbocycles. The third-order valence-corrected chi connectivity index (χ3v) is 4.18. The first kappa shape index (κ1) is 14.4. The predicted molar refractivity (Wildman–Crippen MR) is 83.7 cm³/mol. The summed E-state index contributed by atoms with van der Waals surface area (Å²) < 4.78 is 0. The third-order valence-electron chi connectivity index (χ3n) is 4.18. The minimum atomic E-state index is 0.222. The maximum Gasteiger partial charge on any atom is 0.0345 e. The Balaban J connectivity index is 2.04. The molecule has 0 bridgehead atoms. The molecule has 106 valence electrons. The van der Waals surface area contributed by atoms with Gasteiger partial charge in [-0.1, -0.05) is 26.8 Å². The molecule has 1 saturated carbocycles. The second-order valence-electron chi connectivity index (χ2n) is 7.04. The highest BCUT2D eigenvalue weighted by Crippen LogP contribution is 2.28. The van der Waals surface area contributed by atoms with Crippen LogP contribution in [0.4, 0.5) is 5.69 Å². The van der Waals surface area contributed by atoms with E-state index >= 15 is 0 Å². The average Bonchev–Trinajstić information content (AvgIpc) is 2.30. The van der Waals surface area contributed by atoms with E-state index in [1.54, 1.807) is 0 Å². The van der Waals surface area contributed by atoms with Crippen molar-refractivity contribution in [2.45, 2.75) is 70.9 Å². The van der Waals surface area contributed by atoms with E-state index in [0.717, 1.165) is 12.8 Å². The van der Waals surface area contributed by atoms with Crippen molar-refractivity contribution in [1.29, 1.82) is 0 Å². The van der Waals surface area contributed by atoms with Crippen LogP contribution in [0.25, 0.3) is 0 Å². The van der Waals surface area contributed by atoms with Gasteiger partial charge in [-0.05, 0) is 61.3 Å². The molecule has 0 unspecified atom stereocenters. The molecular formula is C17H28N2. The smallest absolute Gasteiger partial charge is 0.0345 e. The molecule has 3 N–H and O–H groups in total. The summed E-state index contributed by atoms with van der Waals surface area (Å²) in [6, 6.07) is 7.80. The SMILES string of the molecule is Cc1cc(NC2CCC(N)CC2)ccc1C(C)(C)C. The molecule has 0 saturated heterocycles. The van der Waals surface area contributed by atoms with E-state index in [2.05, 4.69) is 51.2 Å². The van der Waals surface area contributed by atoms with Crippen LogP contribution in [0.1, 0.15) is 57.6 Å². The highest BCUT2D eigenvalue weighted by molar-refractivity contribution is 5.50. The number of nitrogens with one attached hydrogen (secondary N) is 1. The minimum absolute atomic E-state index is 0.222. The number of anilines is 1. The molecule has 0 aliphatic heterocycles. The Morgan fingerprint density at radius 3 is 2.26 bits per heavy atom. The average molecular weight is 260 g/mol. The van der Waals surface area contributed by atoms with Gasteiger partial charge in [0, 0.05) is 17.8 Å². The summed E-state index contributed by atoms with van der Waals surface area (Å²) in [6.07, 6.45) is 4.69. The Bertz CT molecular complexity index is 423. The van der Waals surface area contributed by atoms with Crippen LogP contribution < -0.4 is 11.1 Å². The van der Waals surface area contributed by atoms with E-state index in [0.29, 0.717) is 12.1 Å². The van der Waals surface area contributed by atoms with Gasteiger partial charge >= 0.3 is 0 Å². The second kappa shape index (κ2) is 5.54. The van der Waals surface area contributed by atoms with Crippen LogP contribution >= 0.6 is 0 Å². The first-order chi connectivity index (χ1) is 8.86. The monoisotopic (exact) mass is 260 g/mol. The lowest BCUT2D eigenvalue weighted by molar-refractivity contribution is 0.411. The lowest BCUT2D eigenvalue weighted by Gasteiger charge is -2.28. The molecule has 0 radical (unpaired) electrons. The van der Waals surface area contributed by atoms with Gasteiger partial charge in [0.25, 0.3) is 0 Å². The Morgan fingerprint density at radius 1 is 1.11 bits per heavy atom. The molecule has 1 aromatic carbocycles. The molecular weight excluding hydrogens is 232 g/mol. The fourth-order valence-corrected chi connectivity index (χ4v) is 3.09. The van der Waals surface area contributed by atoms with Crippen molar-refractivity contribution in [2.24, 2.45) is 5.73 Å². The van der Waals surface area contributed by atoms with E-state index < -0.39 is 0 Å². The zero-order valence-electron chi connectivity index (χ0n) is 12.8. The molecule has 2 heteroatoms. The van der Waals surface area contributed by atoms with E-state index in [9.17, 15) is 0 Å². The summed E-state index contributed by atoms with van der Waals surface area (Å²) in [4.78, 5) is 0. The van der Waals surface area contributed by atoms with Gasteiger partial charge in [-0.15, -0.1) is 0 Å². The summed E-state index contributed by atoms with van der Waals surface area (Å²) in [5, 5.41) is 3.67. The summed E-state index contributed by atoms with van der Waals surface area (Å²) in [7, 11) is 0. The summed E-state index contributed by atoms with van der Waals surface area (Å²) in [5.74, 6) is 0. The van der Waals surface area contributed by atoms with Crippen LogP contribution in [0.2, 0.25) is 0 Å². The van der Waals surface area contributed by atoms with E-state index in [1.807, 2.05) is 0 Å². The molecule has 0 aromatic heterocycles. The first-order valence-electron chi connectivity index (χ1n) is 7.49. The summed E-state index contributed by atoms with van der Waals surface area (Å²) in [5.41, 5.74) is 10.2. The van der Waals surface area contributed by atoms with E-state index in [-0.39, 0.29) is 5.41 Å². The van der Waals surface area contributed by atoms with Gasteiger partial charge in [0.05, 0.1) is 0 Å². The van der Waals surface area contributed by atoms with Crippen molar-refractivity contribution in [2.75, 3.05) is 5.32 Å². The van der Waals surface area contributed by atoms with Gasteiger partial charge < -0.3 is 11.1 Å². The first-order valence-corrected chi connectivity index (χ1v) is 7.49. The zero-order chi connectivity index (χ0) is 14.0. The Kier molecular flexibility index (Phi) is 4.19. The number of hydrogen-bond acceptors (Lipinski definition) is 2. The van der Waals surface area contributed by atoms with Crippen LogP contribution in [0.3, 0.4) is 0 Å². The molecule has 0 amide bonds. The van der Waals surface area contributed by atoms with Gasteiger partial charge in [-0.25, -0.2) is 0 Å². The quantitative estimate of drug-likeness (QED) is 0.844. The Morgan fingerprint density at radius 2 is 1.74 bits per heavy atom. The molecule has 0 heterocycles. The van der Waals surface area contributed by atoms with Gasteiger partial charge in [0.1, 0.15) is 0 Å². The maximum absolute atomic E-state index is 5.95. The Hall–Kier alpha value is -1.02. The molecule has 0 atom stereocenters. The van der Waals surface area contributed by atoms with Crippen LogP contribution in [0.5, 0.6) is 0 Å². The lowest BCUT2D eigenvalue weighted by atomic mass is 9.84. The van der Waals surface area contributed by atoms with Crippen LogP contribution in [0, 0.1) is 6.92 Å². The molecule has 1 fully saturated rings. The highest BCUT2D eigenvalue weighted by Gasteiger charge is 2.19. The van der Waals surface area contributed by atoms with Crippen molar-refractivity contribution >= 4 is 5.69 Å². The molecule has 19 heavy (non-hydrogen) atoms. The normalized spacial score (nSPS) is 24.3. The minimum Gasteiger partial charge on any atom is -0.382 e. The highest BCUT2D eigenvalue weighted by atomic mass is 14.9. The lowest BCUT2D eigenvalue weighted by Crippen LogP contribution is -2.32. The van der Waals surface area contributed by atoms with Crippen LogP contribution in [0.15, 0.2) is 18.2 Å². The van der Waals surface area contributed by atoms with Gasteiger partial charge in [0.2, 0.25) is 0 Å². The molecule has 0 spiro atoms. The third kappa shape index (κ3) is 3.73. The van der Waals surface area contributed by atoms with Crippen molar-refractivity contribution in [3.05, 3.63) is 29.3 Å². The van der Waals surface area contributed by atoms with Crippen LogP contribution in [-0.4, -0.2) is 12.1 Å². The fraction of sp³-hybridized carbons (Fsp3) is 0.647. The largest absolute Gasteiger partial charge is 0.382 e. The van der Waals surface area contributed by atoms with Crippen molar-refractivity contribution in [3.63, 3.8) is 0 Å². The maximum atomic E-state index is 5.95. The van der Waals surface area contributed by atoms with Crippen molar-refractivity contribution < 1.29 is 0 Å². The molecule has 2 nitrogen and oxygen atoms in total. The number of aryl methyl sites for hydroxylation is 1. The topological polar surface area (TPSA) is 38.0 Å². The van der Waals surface area contributed by atoms with Crippen LogP contribution in [-0.2, 0) is 5.41 Å². The standard InChI is InChI=1S/C17H28N2/c1-12-11-15(9-10-16(12)17(2,3)4)19-14-7-5-13(18)6-8-14/h9-11,13-14,19H,5-8,18H2,1-4H3. The molecule has 2 rings (SSSR count). The van der Waals surface area contributed by atoms with Gasteiger partial charge in [0.15, 0.2) is 0 Å². The van der Waals surface area contributed by atoms with Crippen molar-refractivity contribution in [3.8, 4) is 0 Å². The second-order valence-corrected chi connectivity index (χ2v) is 7.04. The summed E-state index contributed by atoms with van der Waals surface area (Å²) >= 11 is 0. The number of rotatable bonds is 2. The Labute approximate surface area is 117 Å². The number of hydrogen-bond donors (Lipinski definition) is 2. The molecule has 1 aromatic rings. The summed E-state index contributed by atoms with van der Waals surface area (Å²) in [6.45, 7) is 9.02. The van der Waals surface area contributed by atoms with Crippen molar-refractivity contribution in [1.82, 2.24) is 0 Å². The molecule has 1 aliphatic rings. The zero-order valence-corrected chi connectivity index (χ0v) is 12.8. The predicted octanol–water partition coefficient (Wildman–Crippen LogP) is 3.97. The fourth-order valence-electron chi connectivity index (χ4n) is 3.09. The van der Waals surface area contributed by atoms with Gasteiger partial charge in [-0.2, -0.15) is 0 Å².